The van der Waals surface area contributed by atoms with Gasteiger partial charge >= 0.3 is 12.1 Å². The van der Waals surface area contributed by atoms with Crippen molar-refractivity contribution in [2.45, 2.75) is 33.0 Å². The van der Waals surface area contributed by atoms with Crippen LogP contribution < -0.4 is 4.67 Å². The molecule has 28 heavy (non-hydrogen) atoms. The van der Waals surface area contributed by atoms with Crippen LogP contribution in [-0.4, -0.2) is 42.1 Å². The summed E-state index contributed by atoms with van der Waals surface area (Å²) in [5, 5.41) is 0. The Hall–Kier alpha value is -2.13. The van der Waals surface area contributed by atoms with Gasteiger partial charge in [-0.2, -0.15) is 13.2 Å². The molecule has 5 nitrogen and oxygen atoms in total. The molecule has 0 saturated heterocycles. The van der Waals surface area contributed by atoms with Crippen LogP contribution in [-0.2, 0) is 17.5 Å². The Morgan fingerprint density at radius 2 is 2.04 bits per heavy atom. The summed E-state index contributed by atoms with van der Waals surface area (Å²) >= 11 is 1.25. The molecular weight excluding hydrogens is 391 g/mol. The number of benzene rings is 1. The molecule has 0 atom stereocenters. The Bertz CT molecular complexity index is 885. The molecule has 0 saturated carbocycles. The van der Waals surface area contributed by atoms with Crippen LogP contribution in [0.1, 0.15) is 35.0 Å². The number of nitrogens with zero attached hydrogens (tertiary/aromatic N) is 3. The first-order valence-electron chi connectivity index (χ1n) is 8.88. The maximum absolute atomic E-state index is 13.0. The molecule has 154 valence electrons. The molecule has 0 aliphatic heterocycles. The number of alkyl halides is 3. The lowest BCUT2D eigenvalue weighted by atomic mass is 10.2. The monoisotopic (exact) mass is 415 g/mol. The fourth-order valence-electron chi connectivity index (χ4n) is 2.63. The summed E-state index contributed by atoms with van der Waals surface area (Å²) in [7, 11) is 3.95. The SMILES string of the molecule is CCOC(=O)c1c(C)n(CCCN(C)C)sc1=Nc1cccc(C(F)(F)F)c1. The van der Waals surface area contributed by atoms with Crippen molar-refractivity contribution >= 4 is 23.2 Å². The zero-order valence-corrected chi connectivity index (χ0v) is 17.2. The molecule has 9 heteroatoms. The second-order valence-corrected chi connectivity index (χ2v) is 7.51. The molecule has 0 bridgehead atoms. The molecule has 0 N–H and O–H groups in total. The van der Waals surface area contributed by atoms with Crippen LogP contribution in [0, 0.1) is 6.92 Å². The van der Waals surface area contributed by atoms with Crippen molar-refractivity contribution in [3.63, 3.8) is 0 Å². The number of aromatic nitrogens is 1. The van der Waals surface area contributed by atoms with Crippen molar-refractivity contribution in [2.75, 3.05) is 27.2 Å². The maximum atomic E-state index is 13.0. The molecule has 2 rings (SSSR count). The number of carbonyl (C=O) groups is 1. The van der Waals surface area contributed by atoms with Crippen LogP contribution in [0.3, 0.4) is 0 Å². The predicted molar refractivity (Wildman–Crippen MR) is 103 cm³/mol. The van der Waals surface area contributed by atoms with E-state index in [1.807, 2.05) is 18.1 Å². The average Bonchev–Trinajstić information content (AvgIpc) is 2.90. The molecule has 0 aliphatic rings. The van der Waals surface area contributed by atoms with Gasteiger partial charge in [0, 0.05) is 12.2 Å². The second kappa shape index (κ2) is 9.38. The summed E-state index contributed by atoms with van der Waals surface area (Å²) in [6.07, 6.45) is -3.59. The quantitative estimate of drug-likeness (QED) is 0.636. The number of ether oxygens (including phenoxy) is 1. The van der Waals surface area contributed by atoms with Gasteiger partial charge in [-0.25, -0.2) is 9.79 Å². The lowest BCUT2D eigenvalue weighted by Gasteiger charge is -2.10. The zero-order valence-electron chi connectivity index (χ0n) is 16.3. The zero-order chi connectivity index (χ0) is 20.9. The first-order chi connectivity index (χ1) is 13.1. The Morgan fingerprint density at radius 3 is 2.64 bits per heavy atom. The van der Waals surface area contributed by atoms with Gasteiger partial charge in [-0.05, 0) is 70.6 Å². The Balaban J connectivity index is 2.49. The standard InChI is InChI=1S/C19H24F3N3O2S/c1-5-27-18(26)16-13(2)25(11-7-10-24(3)4)28-17(16)23-15-9-6-8-14(12-15)19(20,21)22/h6,8-9,12H,5,7,10-11H2,1-4H3. The Morgan fingerprint density at radius 1 is 1.32 bits per heavy atom. The van der Waals surface area contributed by atoms with E-state index in [-0.39, 0.29) is 12.3 Å². The highest BCUT2D eigenvalue weighted by molar-refractivity contribution is 7.04. The first kappa shape index (κ1) is 22.2. The maximum Gasteiger partial charge on any atom is 0.416 e. The predicted octanol–water partition coefficient (Wildman–Crippen LogP) is 4.24. The second-order valence-electron chi connectivity index (χ2n) is 6.50. The van der Waals surface area contributed by atoms with E-state index in [1.165, 1.54) is 23.7 Å². The van der Waals surface area contributed by atoms with Crippen LogP contribution in [0.15, 0.2) is 29.3 Å². The molecule has 1 aromatic carbocycles. The Labute approximate surface area is 166 Å². The van der Waals surface area contributed by atoms with Gasteiger partial charge in [0.05, 0.1) is 17.9 Å². The fourth-order valence-corrected chi connectivity index (χ4v) is 3.75. The largest absolute Gasteiger partial charge is 0.462 e. The van der Waals surface area contributed by atoms with E-state index < -0.39 is 17.7 Å². The van der Waals surface area contributed by atoms with Crippen LogP contribution in [0.4, 0.5) is 18.9 Å². The van der Waals surface area contributed by atoms with Crippen molar-refractivity contribution in [1.82, 2.24) is 8.86 Å². The molecule has 0 spiro atoms. The molecule has 0 radical (unpaired) electrons. The third-order valence-corrected chi connectivity index (χ3v) is 5.14. The number of carbonyl (C=O) groups excluding carboxylic acids is 1. The summed E-state index contributed by atoms with van der Waals surface area (Å²) in [5.41, 5.74) is 0.364. The number of rotatable bonds is 7. The van der Waals surface area contributed by atoms with Crippen LogP contribution in [0.2, 0.25) is 0 Å². The van der Waals surface area contributed by atoms with E-state index in [9.17, 15) is 18.0 Å². The van der Waals surface area contributed by atoms with E-state index in [4.69, 9.17) is 4.74 Å². The van der Waals surface area contributed by atoms with Crippen molar-refractivity contribution in [1.29, 1.82) is 0 Å². The molecule has 1 aromatic heterocycles. The number of esters is 1. The molecule has 1 heterocycles. The lowest BCUT2D eigenvalue weighted by Crippen LogP contribution is -2.16. The highest BCUT2D eigenvalue weighted by Gasteiger charge is 2.30. The van der Waals surface area contributed by atoms with E-state index in [2.05, 4.69) is 9.89 Å². The summed E-state index contributed by atoms with van der Waals surface area (Å²) in [4.78, 5) is 18.8. The van der Waals surface area contributed by atoms with E-state index in [0.717, 1.165) is 25.1 Å². The minimum atomic E-state index is -4.45. The van der Waals surface area contributed by atoms with Crippen molar-refractivity contribution in [3.05, 3.63) is 45.8 Å². The van der Waals surface area contributed by atoms with Gasteiger partial charge in [-0.1, -0.05) is 6.07 Å². The average molecular weight is 415 g/mol. The highest BCUT2D eigenvalue weighted by Crippen LogP contribution is 2.31. The van der Waals surface area contributed by atoms with Crippen molar-refractivity contribution in [2.24, 2.45) is 4.99 Å². The number of aryl methyl sites for hydroxylation is 1. The number of hydrogen-bond acceptors (Lipinski definition) is 5. The number of halogens is 3. The first-order valence-corrected chi connectivity index (χ1v) is 9.65. The molecule has 2 aromatic rings. The Kier molecular flexibility index (Phi) is 7.42. The topological polar surface area (TPSA) is 46.8 Å². The minimum absolute atomic E-state index is 0.141. The molecule has 0 amide bonds. The normalized spacial score (nSPS) is 12.6. The molecule has 0 fully saturated rings. The van der Waals surface area contributed by atoms with Gasteiger partial charge in [0.2, 0.25) is 0 Å². The van der Waals surface area contributed by atoms with Crippen LogP contribution in [0.25, 0.3) is 0 Å². The van der Waals surface area contributed by atoms with Gasteiger partial charge in [0.15, 0.2) is 0 Å². The molecule has 0 aliphatic carbocycles. The van der Waals surface area contributed by atoms with E-state index in [1.54, 1.807) is 13.8 Å². The summed E-state index contributed by atoms with van der Waals surface area (Å²) in [6, 6.07) is 4.75. The summed E-state index contributed by atoms with van der Waals surface area (Å²) in [6.45, 7) is 5.26. The van der Waals surface area contributed by atoms with Crippen molar-refractivity contribution < 1.29 is 22.7 Å². The summed E-state index contributed by atoms with van der Waals surface area (Å²) < 4.78 is 46.3. The smallest absolute Gasteiger partial charge is 0.416 e. The molecule has 0 unspecified atom stereocenters. The highest BCUT2D eigenvalue weighted by atomic mass is 32.1. The minimum Gasteiger partial charge on any atom is -0.462 e. The van der Waals surface area contributed by atoms with Gasteiger partial charge in [-0.3, -0.25) is 3.96 Å². The third kappa shape index (κ3) is 5.68. The third-order valence-electron chi connectivity index (χ3n) is 4.00. The number of hydrogen-bond donors (Lipinski definition) is 0. The van der Waals surface area contributed by atoms with Crippen LogP contribution in [0.5, 0.6) is 0 Å². The fraction of sp³-hybridized carbons (Fsp3) is 0.474. The van der Waals surface area contributed by atoms with Gasteiger partial charge in [-0.15, -0.1) is 0 Å². The van der Waals surface area contributed by atoms with Gasteiger partial charge < -0.3 is 9.64 Å². The summed E-state index contributed by atoms with van der Waals surface area (Å²) in [5.74, 6) is -0.520. The van der Waals surface area contributed by atoms with Gasteiger partial charge in [0.1, 0.15) is 10.2 Å². The lowest BCUT2D eigenvalue weighted by molar-refractivity contribution is -0.137. The molecular formula is C19H24F3N3O2S. The van der Waals surface area contributed by atoms with E-state index >= 15 is 0 Å². The van der Waals surface area contributed by atoms with Crippen LogP contribution >= 0.6 is 11.5 Å². The van der Waals surface area contributed by atoms with E-state index in [0.29, 0.717) is 22.5 Å². The van der Waals surface area contributed by atoms with Gasteiger partial charge in [0.25, 0.3) is 0 Å². The van der Waals surface area contributed by atoms with Crippen molar-refractivity contribution in [3.8, 4) is 0 Å².